The maximum atomic E-state index is 8.89. The van der Waals surface area contributed by atoms with Gasteiger partial charge in [0.1, 0.15) is 6.04 Å². The molecule has 2 aromatic rings. The minimum Gasteiger partial charge on any atom is -0.394 e. The summed E-state index contributed by atoms with van der Waals surface area (Å²) in [5, 5.41) is 12.7. The Hall–Kier alpha value is -1.79. The second-order valence-electron chi connectivity index (χ2n) is 3.88. The zero-order chi connectivity index (χ0) is 12.4. The van der Waals surface area contributed by atoms with Crippen LogP contribution in [-0.2, 0) is 0 Å². The molecule has 0 saturated carbocycles. The van der Waals surface area contributed by atoms with E-state index in [0.29, 0.717) is 5.82 Å². The SMILES string of the molecule is Cc1cc(-c2noc(C(N)CO)n2)cc(C)n1. The van der Waals surface area contributed by atoms with Crippen LogP contribution in [0, 0.1) is 13.8 Å². The summed E-state index contributed by atoms with van der Waals surface area (Å²) in [4.78, 5) is 8.41. The summed E-state index contributed by atoms with van der Waals surface area (Å²) in [6.07, 6.45) is 0. The third-order valence-electron chi connectivity index (χ3n) is 2.30. The summed E-state index contributed by atoms with van der Waals surface area (Å²) in [6.45, 7) is 3.57. The number of aliphatic hydroxyl groups excluding tert-OH is 1. The van der Waals surface area contributed by atoms with E-state index in [2.05, 4.69) is 15.1 Å². The molecular formula is C11H14N4O2. The summed E-state index contributed by atoms with van der Waals surface area (Å²) in [5.41, 5.74) is 8.19. The molecule has 1 unspecified atom stereocenters. The Kier molecular flexibility index (Phi) is 3.16. The van der Waals surface area contributed by atoms with E-state index < -0.39 is 6.04 Å². The van der Waals surface area contributed by atoms with Crippen molar-refractivity contribution in [1.29, 1.82) is 0 Å². The quantitative estimate of drug-likeness (QED) is 0.812. The first kappa shape index (κ1) is 11.7. The van der Waals surface area contributed by atoms with Crippen LogP contribution in [0.15, 0.2) is 16.7 Å². The minimum atomic E-state index is -0.639. The molecule has 2 aromatic heterocycles. The molecule has 6 heteroatoms. The van der Waals surface area contributed by atoms with Gasteiger partial charge in [-0.2, -0.15) is 4.98 Å². The highest BCUT2D eigenvalue weighted by Gasteiger charge is 2.15. The molecule has 90 valence electrons. The fourth-order valence-electron chi connectivity index (χ4n) is 1.54. The van der Waals surface area contributed by atoms with Crippen molar-refractivity contribution in [2.45, 2.75) is 19.9 Å². The van der Waals surface area contributed by atoms with Gasteiger partial charge in [0.15, 0.2) is 0 Å². The van der Waals surface area contributed by atoms with Crippen molar-refractivity contribution in [2.24, 2.45) is 5.73 Å². The number of aromatic nitrogens is 3. The fraction of sp³-hybridized carbons (Fsp3) is 0.364. The number of hydrogen-bond donors (Lipinski definition) is 2. The highest BCUT2D eigenvalue weighted by molar-refractivity contribution is 5.55. The van der Waals surface area contributed by atoms with Gasteiger partial charge in [-0.25, -0.2) is 0 Å². The van der Waals surface area contributed by atoms with E-state index in [1.807, 2.05) is 26.0 Å². The highest BCUT2D eigenvalue weighted by atomic mass is 16.5. The molecule has 0 aliphatic carbocycles. The maximum Gasteiger partial charge on any atom is 0.246 e. The van der Waals surface area contributed by atoms with E-state index in [1.165, 1.54) is 0 Å². The third kappa shape index (κ3) is 2.48. The fourth-order valence-corrected chi connectivity index (χ4v) is 1.54. The minimum absolute atomic E-state index is 0.226. The van der Waals surface area contributed by atoms with Crippen LogP contribution >= 0.6 is 0 Å². The Labute approximate surface area is 98.5 Å². The Morgan fingerprint density at radius 2 is 1.94 bits per heavy atom. The molecule has 0 radical (unpaired) electrons. The molecule has 17 heavy (non-hydrogen) atoms. The molecule has 0 aliphatic rings. The van der Waals surface area contributed by atoms with Gasteiger partial charge in [-0.3, -0.25) is 4.98 Å². The van der Waals surface area contributed by atoms with E-state index in [1.54, 1.807) is 0 Å². The third-order valence-corrected chi connectivity index (χ3v) is 2.30. The van der Waals surface area contributed by atoms with Gasteiger partial charge in [-0.15, -0.1) is 0 Å². The second kappa shape index (κ2) is 4.60. The number of nitrogens with zero attached hydrogens (tertiary/aromatic N) is 3. The molecule has 2 rings (SSSR count). The van der Waals surface area contributed by atoms with Crippen LogP contribution < -0.4 is 5.73 Å². The largest absolute Gasteiger partial charge is 0.394 e. The molecule has 0 bridgehead atoms. The molecule has 0 saturated heterocycles. The summed E-state index contributed by atoms with van der Waals surface area (Å²) in [6, 6.07) is 3.10. The Morgan fingerprint density at radius 3 is 2.53 bits per heavy atom. The summed E-state index contributed by atoms with van der Waals surface area (Å²) >= 11 is 0. The first-order chi connectivity index (χ1) is 8.10. The monoisotopic (exact) mass is 234 g/mol. The molecule has 0 aliphatic heterocycles. The van der Waals surface area contributed by atoms with Crippen LogP contribution in [0.5, 0.6) is 0 Å². The van der Waals surface area contributed by atoms with Gasteiger partial charge in [0, 0.05) is 17.0 Å². The van der Waals surface area contributed by atoms with E-state index in [9.17, 15) is 0 Å². The second-order valence-corrected chi connectivity index (χ2v) is 3.88. The van der Waals surface area contributed by atoms with Crippen LogP contribution in [0.3, 0.4) is 0 Å². The van der Waals surface area contributed by atoms with Gasteiger partial charge in [0.25, 0.3) is 0 Å². The van der Waals surface area contributed by atoms with Crippen LogP contribution in [-0.4, -0.2) is 26.8 Å². The normalized spacial score (nSPS) is 12.7. The van der Waals surface area contributed by atoms with Gasteiger partial charge in [0.05, 0.1) is 6.61 Å². The van der Waals surface area contributed by atoms with E-state index >= 15 is 0 Å². The lowest BCUT2D eigenvalue weighted by molar-refractivity contribution is 0.237. The van der Waals surface area contributed by atoms with Gasteiger partial charge >= 0.3 is 0 Å². The van der Waals surface area contributed by atoms with E-state index in [-0.39, 0.29) is 12.5 Å². The molecule has 3 N–H and O–H groups in total. The predicted molar refractivity (Wildman–Crippen MR) is 61.0 cm³/mol. The number of aryl methyl sites for hydroxylation is 2. The number of pyridine rings is 1. The summed E-state index contributed by atoms with van der Waals surface area (Å²) in [5.74, 6) is 0.687. The van der Waals surface area contributed by atoms with Crippen molar-refractivity contribution in [3.63, 3.8) is 0 Å². The average molecular weight is 234 g/mol. The van der Waals surface area contributed by atoms with Crippen molar-refractivity contribution >= 4 is 0 Å². The first-order valence-electron chi connectivity index (χ1n) is 5.26. The van der Waals surface area contributed by atoms with Gasteiger partial charge in [-0.1, -0.05) is 5.16 Å². The molecule has 2 heterocycles. The molecule has 0 fully saturated rings. The molecule has 0 amide bonds. The van der Waals surface area contributed by atoms with Crippen molar-refractivity contribution in [3.8, 4) is 11.4 Å². The van der Waals surface area contributed by atoms with Crippen molar-refractivity contribution in [1.82, 2.24) is 15.1 Å². The molecular weight excluding hydrogens is 220 g/mol. The number of rotatable bonds is 3. The smallest absolute Gasteiger partial charge is 0.246 e. The lowest BCUT2D eigenvalue weighted by atomic mass is 10.2. The van der Waals surface area contributed by atoms with Gasteiger partial charge in [0.2, 0.25) is 11.7 Å². The average Bonchev–Trinajstić information content (AvgIpc) is 2.76. The standard InChI is InChI=1S/C11H14N4O2/c1-6-3-8(4-7(2)13-6)10-14-11(17-15-10)9(12)5-16/h3-4,9,16H,5,12H2,1-2H3. The summed E-state index contributed by atoms with van der Waals surface area (Å²) in [7, 11) is 0. The maximum absolute atomic E-state index is 8.89. The topological polar surface area (TPSA) is 98.1 Å². The zero-order valence-corrected chi connectivity index (χ0v) is 9.71. The Bertz CT molecular complexity index is 504. The van der Waals surface area contributed by atoms with Crippen LogP contribution in [0.4, 0.5) is 0 Å². The Balaban J connectivity index is 2.36. The first-order valence-corrected chi connectivity index (χ1v) is 5.26. The zero-order valence-electron chi connectivity index (χ0n) is 9.71. The summed E-state index contributed by atoms with van der Waals surface area (Å²) < 4.78 is 4.98. The van der Waals surface area contributed by atoms with Crippen molar-refractivity contribution < 1.29 is 9.63 Å². The highest BCUT2D eigenvalue weighted by Crippen LogP contribution is 2.19. The lowest BCUT2D eigenvalue weighted by Gasteiger charge is -2.00. The van der Waals surface area contributed by atoms with E-state index in [4.69, 9.17) is 15.4 Å². The number of nitrogens with two attached hydrogens (primary N) is 1. The van der Waals surface area contributed by atoms with Crippen LogP contribution in [0.25, 0.3) is 11.4 Å². The number of aliphatic hydroxyl groups is 1. The molecule has 0 spiro atoms. The van der Waals surface area contributed by atoms with Crippen LogP contribution in [0.2, 0.25) is 0 Å². The number of hydrogen-bond acceptors (Lipinski definition) is 6. The van der Waals surface area contributed by atoms with Gasteiger partial charge < -0.3 is 15.4 Å². The molecule has 0 aromatic carbocycles. The van der Waals surface area contributed by atoms with Crippen molar-refractivity contribution in [3.05, 3.63) is 29.4 Å². The Morgan fingerprint density at radius 1 is 1.29 bits per heavy atom. The van der Waals surface area contributed by atoms with Crippen LogP contribution in [0.1, 0.15) is 23.3 Å². The van der Waals surface area contributed by atoms with Gasteiger partial charge in [-0.05, 0) is 26.0 Å². The molecule has 1 atom stereocenters. The predicted octanol–water partition coefficient (Wildman–Crippen LogP) is 0.741. The van der Waals surface area contributed by atoms with Crippen molar-refractivity contribution in [2.75, 3.05) is 6.61 Å². The molecule has 6 nitrogen and oxygen atoms in total. The van der Waals surface area contributed by atoms with E-state index in [0.717, 1.165) is 17.0 Å². The lowest BCUT2D eigenvalue weighted by Crippen LogP contribution is -2.14.